The molecule has 0 heterocycles. The summed E-state index contributed by atoms with van der Waals surface area (Å²) in [6, 6.07) is 10.7. The summed E-state index contributed by atoms with van der Waals surface area (Å²) in [7, 11) is -2.49. The minimum Gasteiger partial charge on any atom is -0.465 e. The van der Waals surface area contributed by atoms with Crippen molar-refractivity contribution in [1.82, 2.24) is 4.72 Å². The van der Waals surface area contributed by atoms with Crippen LogP contribution in [-0.2, 0) is 34.1 Å². The van der Waals surface area contributed by atoms with Crippen LogP contribution >= 0.6 is 0 Å². The van der Waals surface area contributed by atoms with Crippen LogP contribution in [0.5, 0.6) is 0 Å². The van der Waals surface area contributed by atoms with E-state index in [-0.39, 0.29) is 17.0 Å². The maximum absolute atomic E-state index is 12.8. The number of nitrogens with one attached hydrogen (secondary N) is 1. The van der Waals surface area contributed by atoms with E-state index in [0.717, 1.165) is 24.0 Å². The van der Waals surface area contributed by atoms with Crippen molar-refractivity contribution in [2.75, 3.05) is 7.11 Å². The molecule has 0 atom stereocenters. The molecule has 140 valence electrons. The molecule has 0 spiro atoms. The lowest BCUT2D eigenvalue weighted by molar-refractivity contribution is 0.0600. The van der Waals surface area contributed by atoms with Gasteiger partial charge < -0.3 is 4.74 Å². The van der Waals surface area contributed by atoms with Crippen LogP contribution < -0.4 is 4.72 Å². The molecule has 2 aromatic rings. The first kappa shape index (κ1) is 20.1. The smallest absolute Gasteiger partial charge is 0.337 e. The van der Waals surface area contributed by atoms with Gasteiger partial charge in [0.15, 0.2) is 0 Å². The molecule has 0 saturated carbocycles. The van der Waals surface area contributed by atoms with Gasteiger partial charge in [0.05, 0.1) is 17.6 Å². The number of benzene rings is 2. The number of carbonyl (C=O) groups excluding carboxylic acids is 1. The SMILES string of the molecule is CCc1ccc(CC)c(CNS(=O)(=O)c2cc(C(=O)OC)ccc2C)c1. The zero-order valence-electron chi connectivity index (χ0n) is 15.6. The van der Waals surface area contributed by atoms with Crippen molar-refractivity contribution >= 4 is 16.0 Å². The first-order chi connectivity index (χ1) is 12.3. The minimum absolute atomic E-state index is 0.0881. The molecule has 0 aromatic heterocycles. The van der Waals surface area contributed by atoms with E-state index in [4.69, 9.17) is 0 Å². The lowest BCUT2D eigenvalue weighted by Gasteiger charge is -2.13. The van der Waals surface area contributed by atoms with Gasteiger partial charge in [-0.15, -0.1) is 0 Å². The summed E-state index contributed by atoms with van der Waals surface area (Å²) in [5, 5.41) is 0. The molecule has 0 aliphatic carbocycles. The monoisotopic (exact) mass is 375 g/mol. The zero-order chi connectivity index (χ0) is 19.3. The van der Waals surface area contributed by atoms with E-state index in [1.54, 1.807) is 19.1 Å². The maximum atomic E-state index is 12.8. The van der Waals surface area contributed by atoms with Gasteiger partial charge in [0.2, 0.25) is 10.0 Å². The fourth-order valence-corrected chi connectivity index (χ4v) is 4.07. The van der Waals surface area contributed by atoms with Crippen LogP contribution in [0.1, 0.15) is 46.5 Å². The highest BCUT2D eigenvalue weighted by Crippen LogP contribution is 2.19. The molecular weight excluding hydrogens is 350 g/mol. The van der Waals surface area contributed by atoms with Gasteiger partial charge in [-0.05, 0) is 54.2 Å². The highest BCUT2D eigenvalue weighted by molar-refractivity contribution is 7.89. The molecule has 5 nitrogen and oxygen atoms in total. The van der Waals surface area contributed by atoms with E-state index in [1.165, 1.54) is 18.7 Å². The maximum Gasteiger partial charge on any atom is 0.337 e. The van der Waals surface area contributed by atoms with Crippen molar-refractivity contribution < 1.29 is 17.9 Å². The van der Waals surface area contributed by atoms with E-state index in [0.29, 0.717) is 5.56 Å². The predicted molar refractivity (Wildman–Crippen MR) is 102 cm³/mol. The summed E-state index contributed by atoms with van der Waals surface area (Å²) in [5.74, 6) is -0.564. The van der Waals surface area contributed by atoms with Gasteiger partial charge in [0.1, 0.15) is 0 Å². The largest absolute Gasteiger partial charge is 0.465 e. The molecular formula is C20H25NO4S. The summed E-state index contributed by atoms with van der Waals surface area (Å²) in [6.07, 6.45) is 1.72. The summed E-state index contributed by atoms with van der Waals surface area (Å²) < 4.78 is 32.9. The van der Waals surface area contributed by atoms with Gasteiger partial charge in [0.25, 0.3) is 0 Å². The van der Waals surface area contributed by atoms with Crippen molar-refractivity contribution in [3.8, 4) is 0 Å². The second-order valence-electron chi connectivity index (χ2n) is 6.11. The highest BCUT2D eigenvalue weighted by Gasteiger charge is 2.19. The Morgan fingerprint density at radius 3 is 2.38 bits per heavy atom. The van der Waals surface area contributed by atoms with Crippen molar-refractivity contribution in [1.29, 1.82) is 0 Å². The molecule has 0 fully saturated rings. The molecule has 2 rings (SSSR count). The van der Waals surface area contributed by atoms with E-state index < -0.39 is 16.0 Å². The normalized spacial score (nSPS) is 11.4. The third kappa shape index (κ3) is 4.51. The Labute approximate surface area is 155 Å². The van der Waals surface area contributed by atoms with Crippen LogP contribution in [0.4, 0.5) is 0 Å². The van der Waals surface area contributed by atoms with Crippen LogP contribution in [0, 0.1) is 6.92 Å². The Hall–Kier alpha value is -2.18. The standard InChI is InChI=1S/C20H25NO4S/c1-5-15-8-10-16(6-2)18(11-15)13-21-26(23,24)19-12-17(20(22)25-4)9-7-14(19)3/h7-12,21H,5-6,13H2,1-4H3. The van der Waals surface area contributed by atoms with Crippen molar-refractivity contribution in [3.05, 3.63) is 64.2 Å². The first-order valence-electron chi connectivity index (χ1n) is 8.61. The van der Waals surface area contributed by atoms with E-state index >= 15 is 0 Å². The van der Waals surface area contributed by atoms with Crippen LogP contribution in [-0.4, -0.2) is 21.5 Å². The average Bonchev–Trinajstić information content (AvgIpc) is 2.65. The molecule has 0 bridgehead atoms. The Morgan fingerprint density at radius 2 is 1.77 bits per heavy atom. The molecule has 0 aliphatic rings. The van der Waals surface area contributed by atoms with E-state index in [1.807, 2.05) is 19.1 Å². The Bertz CT molecular complexity index is 904. The lowest BCUT2D eigenvalue weighted by atomic mass is 10.0. The molecule has 26 heavy (non-hydrogen) atoms. The van der Waals surface area contributed by atoms with E-state index in [2.05, 4.69) is 22.4 Å². The summed E-state index contributed by atoms with van der Waals surface area (Å²) in [6.45, 7) is 6.02. The third-order valence-electron chi connectivity index (χ3n) is 4.41. The molecule has 1 N–H and O–H groups in total. The average molecular weight is 375 g/mol. The summed E-state index contributed by atoms with van der Waals surface area (Å²) >= 11 is 0. The van der Waals surface area contributed by atoms with Crippen molar-refractivity contribution in [2.45, 2.75) is 45.1 Å². The molecule has 2 aromatic carbocycles. The van der Waals surface area contributed by atoms with Gasteiger partial charge in [-0.1, -0.05) is 38.1 Å². The number of hydrogen-bond acceptors (Lipinski definition) is 4. The zero-order valence-corrected chi connectivity index (χ0v) is 16.4. The lowest BCUT2D eigenvalue weighted by Crippen LogP contribution is -2.25. The van der Waals surface area contributed by atoms with Gasteiger partial charge in [0, 0.05) is 6.54 Å². The Balaban J connectivity index is 2.31. The number of hydrogen-bond donors (Lipinski definition) is 1. The number of rotatable bonds is 7. The molecule has 0 aliphatic heterocycles. The second-order valence-corrected chi connectivity index (χ2v) is 7.84. The second kappa shape index (κ2) is 8.47. The fraction of sp³-hybridized carbons (Fsp3) is 0.350. The number of ether oxygens (including phenoxy) is 1. The number of esters is 1. The van der Waals surface area contributed by atoms with Crippen LogP contribution in [0.2, 0.25) is 0 Å². The Morgan fingerprint density at radius 1 is 1.04 bits per heavy atom. The molecule has 6 heteroatoms. The first-order valence-corrected chi connectivity index (χ1v) is 10.1. The van der Waals surface area contributed by atoms with Crippen molar-refractivity contribution in [3.63, 3.8) is 0 Å². The Kier molecular flexibility index (Phi) is 6.56. The third-order valence-corrected chi connectivity index (χ3v) is 5.95. The fourth-order valence-electron chi connectivity index (χ4n) is 2.79. The number of aryl methyl sites for hydroxylation is 3. The van der Waals surface area contributed by atoms with Gasteiger partial charge >= 0.3 is 5.97 Å². The molecule has 0 saturated heterocycles. The van der Waals surface area contributed by atoms with Crippen molar-refractivity contribution in [2.24, 2.45) is 0 Å². The van der Waals surface area contributed by atoms with Crippen LogP contribution in [0.15, 0.2) is 41.3 Å². The van der Waals surface area contributed by atoms with Gasteiger partial charge in [-0.3, -0.25) is 0 Å². The summed E-state index contributed by atoms with van der Waals surface area (Å²) in [5.41, 5.74) is 4.03. The molecule has 0 unspecified atom stereocenters. The predicted octanol–water partition coefficient (Wildman–Crippen LogP) is 3.38. The van der Waals surface area contributed by atoms with Gasteiger partial charge in [-0.2, -0.15) is 0 Å². The van der Waals surface area contributed by atoms with Crippen LogP contribution in [0.3, 0.4) is 0 Å². The summed E-state index contributed by atoms with van der Waals surface area (Å²) in [4.78, 5) is 11.8. The quantitative estimate of drug-likeness (QED) is 0.753. The topological polar surface area (TPSA) is 72.5 Å². The number of carbonyl (C=O) groups is 1. The van der Waals surface area contributed by atoms with Gasteiger partial charge in [-0.25, -0.2) is 17.9 Å². The number of methoxy groups -OCH3 is 1. The van der Waals surface area contributed by atoms with E-state index in [9.17, 15) is 13.2 Å². The van der Waals surface area contributed by atoms with Crippen LogP contribution in [0.25, 0.3) is 0 Å². The minimum atomic E-state index is -3.76. The number of sulfonamides is 1. The molecule has 0 radical (unpaired) electrons. The molecule has 0 amide bonds. The highest BCUT2D eigenvalue weighted by atomic mass is 32.2.